The fourth-order valence-electron chi connectivity index (χ4n) is 4.94. The normalized spacial score (nSPS) is 17.4. The highest BCUT2D eigenvalue weighted by atomic mass is 16.5. The van der Waals surface area contributed by atoms with Crippen molar-refractivity contribution in [1.82, 2.24) is 10.2 Å². The zero-order valence-electron chi connectivity index (χ0n) is 18.9. The number of methoxy groups -OCH3 is 1. The van der Waals surface area contributed by atoms with Crippen LogP contribution in [-0.4, -0.2) is 56.7 Å². The van der Waals surface area contributed by atoms with Crippen molar-refractivity contribution in [3.63, 3.8) is 0 Å². The first-order valence-electron chi connectivity index (χ1n) is 11.4. The molecular weight excluding hydrogens is 407 g/mol. The number of likely N-dealkylation sites (tertiary alicyclic amines) is 1. The fourth-order valence-corrected chi connectivity index (χ4v) is 4.94. The van der Waals surface area contributed by atoms with E-state index in [4.69, 9.17) is 10.00 Å². The van der Waals surface area contributed by atoms with Crippen molar-refractivity contribution in [2.75, 3.05) is 31.6 Å². The molecular formula is C23H31BN4O4. The van der Waals surface area contributed by atoms with Gasteiger partial charge in [0.1, 0.15) is 5.75 Å². The molecule has 4 amide bonds. The van der Waals surface area contributed by atoms with Crippen LogP contribution in [0.1, 0.15) is 49.4 Å². The first-order chi connectivity index (χ1) is 15.5. The lowest BCUT2D eigenvalue weighted by atomic mass is 9.39. The maximum absolute atomic E-state index is 13.3. The molecule has 2 fully saturated rings. The van der Waals surface area contributed by atoms with Gasteiger partial charge in [-0.15, -0.1) is 0 Å². The van der Waals surface area contributed by atoms with Gasteiger partial charge in [0.15, 0.2) is 0 Å². The van der Waals surface area contributed by atoms with Gasteiger partial charge in [0.05, 0.1) is 12.8 Å². The average molecular weight is 438 g/mol. The molecule has 0 saturated carbocycles. The number of nitriles is 1. The zero-order chi connectivity index (χ0) is 23.1. The zero-order valence-corrected chi connectivity index (χ0v) is 18.9. The second-order valence-corrected chi connectivity index (χ2v) is 8.80. The van der Waals surface area contributed by atoms with E-state index in [-0.39, 0.29) is 18.0 Å². The number of imide groups is 1. The molecule has 2 aliphatic heterocycles. The van der Waals surface area contributed by atoms with Crippen molar-refractivity contribution >= 4 is 30.7 Å². The molecule has 2 heterocycles. The summed E-state index contributed by atoms with van der Waals surface area (Å²) in [7, 11) is 1.51. The van der Waals surface area contributed by atoms with Crippen molar-refractivity contribution < 1.29 is 19.1 Å². The number of hydrogen-bond donors (Lipinski definition) is 1. The van der Waals surface area contributed by atoms with Crippen LogP contribution in [0.3, 0.4) is 0 Å². The van der Waals surface area contributed by atoms with Crippen LogP contribution in [0, 0.1) is 16.6 Å². The van der Waals surface area contributed by atoms with Gasteiger partial charge in [-0.25, -0.2) is 10.1 Å². The monoisotopic (exact) mass is 438 g/mol. The number of carbonyl (C=O) groups is 3. The van der Waals surface area contributed by atoms with Gasteiger partial charge in [-0.2, -0.15) is 0 Å². The number of nitrogens with one attached hydrogen (secondary N) is 1. The number of piperidine rings is 1. The Morgan fingerprint density at radius 2 is 1.97 bits per heavy atom. The van der Waals surface area contributed by atoms with Crippen molar-refractivity contribution in [2.24, 2.45) is 5.41 Å². The molecule has 0 bridgehead atoms. The Bertz CT molecular complexity index is 882. The molecule has 3 rings (SSSR count). The minimum Gasteiger partial charge on any atom is -0.495 e. The summed E-state index contributed by atoms with van der Waals surface area (Å²) >= 11 is 0. The molecule has 1 aromatic rings. The average Bonchev–Trinajstić information content (AvgIpc) is 2.83. The molecule has 0 aromatic heterocycles. The van der Waals surface area contributed by atoms with E-state index in [0.29, 0.717) is 49.5 Å². The van der Waals surface area contributed by atoms with Crippen LogP contribution in [0.4, 0.5) is 10.5 Å². The lowest BCUT2D eigenvalue weighted by molar-refractivity contribution is -0.108. The highest BCUT2D eigenvalue weighted by Crippen LogP contribution is 2.45. The number of amides is 4. The Hall–Kier alpha value is -3.02. The predicted molar refractivity (Wildman–Crippen MR) is 123 cm³/mol. The van der Waals surface area contributed by atoms with Gasteiger partial charge < -0.3 is 9.64 Å². The summed E-state index contributed by atoms with van der Waals surface area (Å²) in [6.07, 6.45) is 7.00. The van der Waals surface area contributed by atoms with Gasteiger partial charge in [0.2, 0.25) is 6.41 Å². The molecule has 1 aromatic carbocycles. The third-order valence-electron chi connectivity index (χ3n) is 6.93. The van der Waals surface area contributed by atoms with Crippen LogP contribution in [0.15, 0.2) is 18.2 Å². The number of anilines is 1. The summed E-state index contributed by atoms with van der Waals surface area (Å²) in [6.45, 7) is 3.88. The van der Waals surface area contributed by atoms with Crippen LogP contribution >= 0.6 is 0 Å². The molecule has 170 valence electrons. The quantitative estimate of drug-likeness (QED) is 0.542. The Morgan fingerprint density at radius 3 is 2.53 bits per heavy atom. The van der Waals surface area contributed by atoms with Crippen LogP contribution in [-0.2, 0) is 4.79 Å². The molecule has 9 heteroatoms. The topological polar surface area (TPSA) is 103 Å². The van der Waals surface area contributed by atoms with E-state index in [0.717, 1.165) is 38.3 Å². The summed E-state index contributed by atoms with van der Waals surface area (Å²) in [5.41, 5.74) is 1.22. The first-order valence-corrected chi connectivity index (χ1v) is 11.4. The van der Waals surface area contributed by atoms with Crippen LogP contribution in [0.25, 0.3) is 0 Å². The Morgan fingerprint density at radius 1 is 1.28 bits per heavy atom. The van der Waals surface area contributed by atoms with Gasteiger partial charge in [-0.05, 0) is 42.9 Å². The summed E-state index contributed by atoms with van der Waals surface area (Å²) in [4.78, 5) is 39.8. The Kier molecular flexibility index (Phi) is 7.78. The molecule has 1 spiro atoms. The lowest BCUT2D eigenvalue weighted by Gasteiger charge is -2.44. The second-order valence-electron chi connectivity index (χ2n) is 8.80. The van der Waals surface area contributed by atoms with Gasteiger partial charge in [0, 0.05) is 31.2 Å². The molecule has 1 N–H and O–H groups in total. The van der Waals surface area contributed by atoms with E-state index in [1.807, 2.05) is 11.8 Å². The summed E-state index contributed by atoms with van der Waals surface area (Å²) in [5, 5.41) is 11.3. The Labute approximate surface area is 190 Å². The summed E-state index contributed by atoms with van der Waals surface area (Å²) < 4.78 is 5.42. The number of carbonyl (C=O) groups excluding carboxylic acids is 3. The standard InChI is InChI=1S/C23H31BN4O4/c1-3-12-28(22(31)26-17-29)19-15-18(4-5-20(19)32-2)21(30)27-13-8-23(9-14-27)6-10-24(16-25)11-7-23/h4-5,15,17H,3,6-14H2,1-2H3,(H,26,29,31). The maximum atomic E-state index is 13.3. The molecule has 2 aliphatic rings. The van der Waals surface area contributed by atoms with Gasteiger partial charge in [-0.1, -0.05) is 32.4 Å². The minimum atomic E-state index is -0.558. The number of benzene rings is 1. The lowest BCUT2D eigenvalue weighted by Crippen LogP contribution is -2.45. The van der Waals surface area contributed by atoms with Crippen molar-refractivity contribution in [3.05, 3.63) is 23.8 Å². The minimum absolute atomic E-state index is 0.0679. The molecule has 0 aliphatic carbocycles. The third-order valence-corrected chi connectivity index (χ3v) is 6.93. The van der Waals surface area contributed by atoms with E-state index >= 15 is 0 Å². The number of nitrogens with zero attached hydrogens (tertiary/aromatic N) is 3. The fraction of sp³-hybridized carbons (Fsp3) is 0.565. The van der Waals surface area contributed by atoms with E-state index < -0.39 is 6.03 Å². The van der Waals surface area contributed by atoms with Gasteiger partial charge in [-0.3, -0.25) is 19.8 Å². The van der Waals surface area contributed by atoms with E-state index in [2.05, 4.69) is 11.3 Å². The molecule has 2 saturated heterocycles. The number of urea groups is 1. The van der Waals surface area contributed by atoms with Crippen molar-refractivity contribution in [2.45, 2.75) is 51.7 Å². The largest absolute Gasteiger partial charge is 0.495 e. The highest BCUT2D eigenvalue weighted by molar-refractivity contribution is 6.67. The van der Waals surface area contributed by atoms with E-state index in [1.54, 1.807) is 18.2 Å². The predicted octanol–water partition coefficient (Wildman–Crippen LogP) is 3.35. The summed E-state index contributed by atoms with van der Waals surface area (Å²) in [6, 6.07) is 4.52. The van der Waals surface area contributed by atoms with Crippen LogP contribution in [0.5, 0.6) is 5.75 Å². The number of rotatable bonds is 6. The maximum Gasteiger partial charge on any atom is 0.328 e. The second kappa shape index (κ2) is 10.5. The molecule has 0 radical (unpaired) electrons. The highest BCUT2D eigenvalue weighted by Gasteiger charge is 2.40. The molecule has 0 atom stereocenters. The van der Waals surface area contributed by atoms with Gasteiger partial charge >= 0.3 is 6.03 Å². The van der Waals surface area contributed by atoms with E-state index in [9.17, 15) is 14.4 Å². The van der Waals surface area contributed by atoms with Crippen LogP contribution < -0.4 is 15.0 Å². The molecule has 8 nitrogen and oxygen atoms in total. The summed E-state index contributed by atoms with van der Waals surface area (Å²) in [5.74, 6) is 2.79. The van der Waals surface area contributed by atoms with E-state index in [1.165, 1.54) is 12.0 Å². The van der Waals surface area contributed by atoms with Crippen LogP contribution in [0.2, 0.25) is 12.6 Å². The van der Waals surface area contributed by atoms with Crippen molar-refractivity contribution in [3.8, 4) is 11.7 Å². The first kappa shape index (κ1) is 23.6. The smallest absolute Gasteiger partial charge is 0.328 e. The van der Waals surface area contributed by atoms with Gasteiger partial charge in [0.25, 0.3) is 12.6 Å². The number of ether oxygens (including phenoxy) is 1. The SMILES string of the molecule is CCCN(C(=O)NC=O)c1cc(C(=O)N2CCC3(CCB(C#N)CC3)CC2)ccc1OC. The molecule has 32 heavy (non-hydrogen) atoms. The third kappa shape index (κ3) is 5.06. The number of hydrogen-bond acceptors (Lipinski definition) is 5. The van der Waals surface area contributed by atoms with Crippen molar-refractivity contribution in [1.29, 1.82) is 5.26 Å². The Balaban J connectivity index is 1.75. The molecule has 0 unspecified atom stereocenters.